The van der Waals surface area contributed by atoms with Crippen LogP contribution in [-0.2, 0) is 9.59 Å². The van der Waals surface area contributed by atoms with Crippen molar-refractivity contribution in [3.8, 4) is 6.07 Å². The minimum Gasteiger partial charge on any atom is -0.274 e. The molecule has 0 N–H and O–H groups in total. The van der Waals surface area contributed by atoms with Crippen molar-refractivity contribution in [1.29, 1.82) is 5.26 Å². The fourth-order valence-electron chi connectivity index (χ4n) is 3.54. The van der Waals surface area contributed by atoms with Crippen LogP contribution in [0.4, 0.5) is 5.69 Å². The SMILES string of the molecule is N#Cc1ccc(N2C(=O)CC3(CCCCCC3)C2=O)cc1. The number of benzene rings is 1. The van der Waals surface area contributed by atoms with Crippen molar-refractivity contribution in [1.82, 2.24) is 0 Å². The molecule has 0 radical (unpaired) electrons. The van der Waals surface area contributed by atoms with E-state index in [0.717, 1.165) is 38.5 Å². The monoisotopic (exact) mass is 282 g/mol. The Kier molecular flexibility index (Phi) is 3.50. The third kappa shape index (κ3) is 2.33. The number of carbonyl (C=O) groups excluding carboxylic acids is 2. The molecule has 1 aromatic rings. The summed E-state index contributed by atoms with van der Waals surface area (Å²) >= 11 is 0. The van der Waals surface area contributed by atoms with Crippen LogP contribution in [0.2, 0.25) is 0 Å². The Balaban J connectivity index is 1.91. The first-order valence-electron chi connectivity index (χ1n) is 7.54. The lowest BCUT2D eigenvalue weighted by molar-refractivity contribution is -0.126. The third-order valence-corrected chi connectivity index (χ3v) is 4.71. The molecule has 0 atom stereocenters. The van der Waals surface area contributed by atoms with Crippen LogP contribution < -0.4 is 4.90 Å². The van der Waals surface area contributed by atoms with Crippen LogP contribution in [0.1, 0.15) is 50.5 Å². The summed E-state index contributed by atoms with van der Waals surface area (Å²) < 4.78 is 0. The summed E-state index contributed by atoms with van der Waals surface area (Å²) in [5, 5.41) is 8.83. The number of carbonyl (C=O) groups is 2. The van der Waals surface area contributed by atoms with E-state index >= 15 is 0 Å². The minimum absolute atomic E-state index is 0.0425. The number of rotatable bonds is 1. The summed E-state index contributed by atoms with van der Waals surface area (Å²) in [4.78, 5) is 26.5. The third-order valence-electron chi connectivity index (χ3n) is 4.71. The zero-order valence-corrected chi connectivity index (χ0v) is 12.0. The van der Waals surface area contributed by atoms with E-state index in [1.54, 1.807) is 24.3 Å². The maximum atomic E-state index is 12.8. The molecule has 21 heavy (non-hydrogen) atoms. The number of hydrogen-bond donors (Lipinski definition) is 0. The predicted octanol–water partition coefficient (Wildman–Crippen LogP) is 3.16. The molecule has 0 bridgehead atoms. The molecule has 0 unspecified atom stereocenters. The highest BCUT2D eigenvalue weighted by atomic mass is 16.2. The summed E-state index contributed by atoms with van der Waals surface area (Å²) in [6, 6.07) is 8.71. The maximum Gasteiger partial charge on any atom is 0.240 e. The zero-order valence-electron chi connectivity index (χ0n) is 12.0. The summed E-state index contributed by atoms with van der Waals surface area (Å²) in [6.07, 6.45) is 6.35. The molecular formula is C17H18N2O2. The number of hydrogen-bond acceptors (Lipinski definition) is 3. The second-order valence-electron chi connectivity index (χ2n) is 6.06. The van der Waals surface area contributed by atoms with E-state index in [9.17, 15) is 9.59 Å². The average Bonchev–Trinajstić information content (AvgIpc) is 2.67. The lowest BCUT2D eigenvalue weighted by Gasteiger charge is -2.25. The minimum atomic E-state index is -0.471. The van der Waals surface area contributed by atoms with Gasteiger partial charge < -0.3 is 0 Å². The summed E-state index contributed by atoms with van der Waals surface area (Å²) in [5.74, 6) is -0.147. The van der Waals surface area contributed by atoms with Crippen LogP contribution in [0.3, 0.4) is 0 Å². The molecule has 2 amide bonds. The van der Waals surface area contributed by atoms with Crippen LogP contribution in [0.15, 0.2) is 24.3 Å². The Morgan fingerprint density at radius 3 is 2.19 bits per heavy atom. The number of anilines is 1. The van der Waals surface area contributed by atoms with Crippen molar-refractivity contribution >= 4 is 17.5 Å². The van der Waals surface area contributed by atoms with Gasteiger partial charge in [-0.1, -0.05) is 25.7 Å². The van der Waals surface area contributed by atoms with Crippen molar-refractivity contribution in [3.05, 3.63) is 29.8 Å². The normalized spacial score (nSPS) is 21.4. The highest BCUT2D eigenvalue weighted by Gasteiger charge is 2.51. The predicted molar refractivity (Wildman–Crippen MR) is 78.4 cm³/mol. The molecule has 1 saturated carbocycles. The van der Waals surface area contributed by atoms with Crippen molar-refractivity contribution < 1.29 is 9.59 Å². The van der Waals surface area contributed by atoms with Crippen molar-refractivity contribution in [2.24, 2.45) is 5.41 Å². The Labute approximate surface area is 124 Å². The molecule has 4 nitrogen and oxygen atoms in total. The molecule has 1 heterocycles. The van der Waals surface area contributed by atoms with Crippen LogP contribution in [0.5, 0.6) is 0 Å². The van der Waals surface area contributed by atoms with Crippen LogP contribution in [-0.4, -0.2) is 11.8 Å². The smallest absolute Gasteiger partial charge is 0.240 e. The summed E-state index contributed by atoms with van der Waals surface area (Å²) in [5.41, 5.74) is 0.647. The van der Waals surface area contributed by atoms with Gasteiger partial charge in [0, 0.05) is 6.42 Å². The van der Waals surface area contributed by atoms with Gasteiger partial charge in [0.25, 0.3) is 0 Å². The Morgan fingerprint density at radius 2 is 1.62 bits per heavy atom. The highest BCUT2D eigenvalue weighted by molar-refractivity contribution is 6.22. The number of amides is 2. The molecule has 3 rings (SSSR count). The van der Waals surface area contributed by atoms with Gasteiger partial charge in [0.05, 0.1) is 22.7 Å². The van der Waals surface area contributed by atoms with E-state index < -0.39 is 5.41 Å². The topological polar surface area (TPSA) is 61.2 Å². The van der Waals surface area contributed by atoms with Gasteiger partial charge in [0.15, 0.2) is 0 Å². The Morgan fingerprint density at radius 1 is 1.00 bits per heavy atom. The van der Waals surface area contributed by atoms with E-state index in [0.29, 0.717) is 17.7 Å². The lowest BCUT2D eigenvalue weighted by Crippen LogP contribution is -2.35. The molecule has 1 aliphatic heterocycles. The van der Waals surface area contributed by atoms with Crippen molar-refractivity contribution in [2.45, 2.75) is 44.9 Å². The van der Waals surface area contributed by atoms with E-state index in [1.807, 2.05) is 6.07 Å². The molecule has 108 valence electrons. The molecule has 1 aromatic carbocycles. The van der Waals surface area contributed by atoms with Gasteiger partial charge in [0.1, 0.15) is 0 Å². The fraction of sp³-hybridized carbons (Fsp3) is 0.471. The largest absolute Gasteiger partial charge is 0.274 e. The molecule has 4 heteroatoms. The molecule has 2 fully saturated rings. The van der Waals surface area contributed by atoms with Gasteiger partial charge in [-0.25, -0.2) is 0 Å². The summed E-state index contributed by atoms with van der Waals surface area (Å²) in [6.45, 7) is 0. The molecule has 1 spiro atoms. The number of nitriles is 1. The quantitative estimate of drug-likeness (QED) is 0.743. The Bertz CT molecular complexity index is 605. The van der Waals surface area contributed by atoms with E-state index in [2.05, 4.69) is 0 Å². The van der Waals surface area contributed by atoms with Crippen LogP contribution >= 0.6 is 0 Å². The second-order valence-corrected chi connectivity index (χ2v) is 6.06. The summed E-state index contributed by atoms with van der Waals surface area (Å²) in [7, 11) is 0. The zero-order chi connectivity index (χ0) is 14.9. The van der Waals surface area contributed by atoms with Crippen LogP contribution in [0.25, 0.3) is 0 Å². The van der Waals surface area contributed by atoms with E-state index in [1.165, 1.54) is 4.90 Å². The average molecular weight is 282 g/mol. The van der Waals surface area contributed by atoms with Gasteiger partial charge in [-0.3, -0.25) is 14.5 Å². The van der Waals surface area contributed by atoms with Crippen LogP contribution in [0, 0.1) is 16.7 Å². The first-order valence-corrected chi connectivity index (χ1v) is 7.54. The second kappa shape index (κ2) is 5.33. The van der Waals surface area contributed by atoms with Crippen molar-refractivity contribution in [3.63, 3.8) is 0 Å². The highest BCUT2D eigenvalue weighted by Crippen LogP contribution is 2.45. The molecule has 0 aromatic heterocycles. The van der Waals surface area contributed by atoms with Gasteiger partial charge in [-0.2, -0.15) is 5.26 Å². The van der Waals surface area contributed by atoms with Gasteiger partial charge in [-0.05, 0) is 37.1 Å². The first-order chi connectivity index (χ1) is 10.2. The number of imide groups is 1. The van der Waals surface area contributed by atoms with Gasteiger partial charge in [0.2, 0.25) is 11.8 Å². The van der Waals surface area contributed by atoms with Crippen molar-refractivity contribution in [2.75, 3.05) is 4.90 Å². The van der Waals surface area contributed by atoms with E-state index in [4.69, 9.17) is 5.26 Å². The molecular weight excluding hydrogens is 264 g/mol. The lowest BCUT2D eigenvalue weighted by atomic mass is 9.79. The maximum absolute atomic E-state index is 12.8. The standard InChI is InChI=1S/C17H18N2O2/c18-12-13-5-7-14(8-6-13)19-15(20)11-17(16(19)21)9-3-1-2-4-10-17/h5-8H,1-4,9-11H2. The molecule has 2 aliphatic rings. The van der Waals surface area contributed by atoms with E-state index in [-0.39, 0.29) is 11.8 Å². The van der Waals surface area contributed by atoms with Gasteiger partial charge in [-0.15, -0.1) is 0 Å². The molecule has 1 saturated heterocycles. The first kappa shape index (κ1) is 13.8. The number of nitrogens with zero attached hydrogens (tertiary/aromatic N) is 2. The molecule has 1 aliphatic carbocycles. The Hall–Kier alpha value is -2.15. The van der Waals surface area contributed by atoms with Gasteiger partial charge >= 0.3 is 0 Å². The fourth-order valence-corrected chi connectivity index (χ4v) is 3.54.